The first kappa shape index (κ1) is 19.7. The van der Waals surface area contributed by atoms with E-state index in [0.717, 1.165) is 53.3 Å². The van der Waals surface area contributed by atoms with Crippen LogP contribution in [0.25, 0.3) is 21.3 Å². The number of rotatable bonds is 4. The second-order valence-electron chi connectivity index (χ2n) is 7.26. The van der Waals surface area contributed by atoms with Gasteiger partial charge in [-0.2, -0.15) is 4.98 Å². The molecule has 9 heteroatoms. The zero-order chi connectivity index (χ0) is 21.4. The SMILES string of the molecule is O=[N+]([O-])c1cccc(-c2csc3nc(Cl)nc(N4CCN(c5ccccc5)CC4)c23)c1. The molecule has 7 nitrogen and oxygen atoms in total. The standard InChI is InChI=1S/C22H18ClN5O2S/c23-22-24-20(27-11-9-26(10-12-27)16-6-2-1-3-7-16)19-18(14-31-21(19)25-22)15-5-4-8-17(13-15)28(29)30/h1-8,13-14H,9-12H2. The van der Waals surface area contributed by atoms with Gasteiger partial charge in [0.2, 0.25) is 5.28 Å². The fourth-order valence-electron chi connectivity index (χ4n) is 3.94. The second kappa shape index (κ2) is 8.13. The van der Waals surface area contributed by atoms with E-state index in [4.69, 9.17) is 11.6 Å². The van der Waals surface area contributed by atoms with Crippen LogP contribution >= 0.6 is 22.9 Å². The summed E-state index contributed by atoms with van der Waals surface area (Å²) >= 11 is 7.72. The molecule has 0 N–H and O–H groups in total. The number of aromatic nitrogens is 2. The van der Waals surface area contributed by atoms with E-state index in [-0.39, 0.29) is 15.9 Å². The lowest BCUT2D eigenvalue weighted by Crippen LogP contribution is -2.47. The van der Waals surface area contributed by atoms with Gasteiger partial charge in [0.25, 0.3) is 5.69 Å². The van der Waals surface area contributed by atoms with Gasteiger partial charge >= 0.3 is 0 Å². The van der Waals surface area contributed by atoms with Gasteiger partial charge in [-0.1, -0.05) is 30.3 Å². The van der Waals surface area contributed by atoms with Gasteiger partial charge < -0.3 is 9.80 Å². The Kier molecular flexibility index (Phi) is 5.17. The first-order valence-corrected chi connectivity index (χ1v) is 11.1. The first-order chi connectivity index (χ1) is 15.1. The maximum absolute atomic E-state index is 11.2. The molecule has 2 aromatic carbocycles. The third kappa shape index (κ3) is 3.80. The maximum Gasteiger partial charge on any atom is 0.270 e. The Morgan fingerprint density at radius 3 is 2.45 bits per heavy atom. The molecule has 0 amide bonds. The van der Waals surface area contributed by atoms with Crippen LogP contribution in [0.2, 0.25) is 5.28 Å². The number of nitro groups is 1. The molecule has 1 aliphatic rings. The molecule has 3 heterocycles. The van der Waals surface area contributed by atoms with Crippen molar-refractivity contribution in [2.24, 2.45) is 0 Å². The van der Waals surface area contributed by atoms with Crippen LogP contribution in [0.1, 0.15) is 0 Å². The summed E-state index contributed by atoms with van der Waals surface area (Å²) < 4.78 is 0. The Bertz CT molecular complexity index is 1260. The van der Waals surface area contributed by atoms with E-state index >= 15 is 0 Å². The lowest BCUT2D eigenvalue weighted by molar-refractivity contribution is -0.384. The van der Waals surface area contributed by atoms with Crippen LogP contribution in [0.4, 0.5) is 17.2 Å². The molecule has 5 rings (SSSR count). The highest BCUT2D eigenvalue weighted by Crippen LogP contribution is 2.40. The molecule has 0 unspecified atom stereocenters. The van der Waals surface area contributed by atoms with Crippen molar-refractivity contribution in [3.8, 4) is 11.1 Å². The van der Waals surface area contributed by atoms with E-state index in [0.29, 0.717) is 0 Å². The topological polar surface area (TPSA) is 75.4 Å². The van der Waals surface area contributed by atoms with E-state index in [2.05, 4.69) is 31.9 Å². The molecule has 0 spiro atoms. The highest BCUT2D eigenvalue weighted by molar-refractivity contribution is 7.17. The number of thiophene rings is 1. The lowest BCUT2D eigenvalue weighted by atomic mass is 10.0. The van der Waals surface area contributed by atoms with Gasteiger partial charge in [-0.25, -0.2) is 4.98 Å². The third-order valence-electron chi connectivity index (χ3n) is 5.46. The summed E-state index contributed by atoms with van der Waals surface area (Å²) in [5.41, 5.74) is 2.93. The molecule has 1 fully saturated rings. The highest BCUT2D eigenvalue weighted by atomic mass is 35.5. The monoisotopic (exact) mass is 451 g/mol. The number of non-ortho nitro benzene ring substituents is 1. The number of halogens is 1. The Morgan fingerprint density at radius 1 is 0.968 bits per heavy atom. The summed E-state index contributed by atoms with van der Waals surface area (Å²) in [7, 11) is 0. The summed E-state index contributed by atoms with van der Waals surface area (Å²) in [6, 6.07) is 17.0. The summed E-state index contributed by atoms with van der Waals surface area (Å²) in [6.45, 7) is 3.32. The average Bonchev–Trinajstić information content (AvgIpc) is 3.23. The largest absolute Gasteiger partial charge is 0.368 e. The number of hydrogen-bond acceptors (Lipinski definition) is 7. The Labute approximate surface area is 187 Å². The number of nitrogens with zero attached hydrogens (tertiary/aromatic N) is 5. The van der Waals surface area contributed by atoms with Gasteiger partial charge in [0.1, 0.15) is 10.6 Å². The molecule has 4 aromatic rings. The number of benzene rings is 2. The minimum absolute atomic E-state index is 0.0600. The van der Waals surface area contributed by atoms with Crippen LogP contribution < -0.4 is 9.80 Å². The fourth-order valence-corrected chi connectivity index (χ4v) is 5.10. The summed E-state index contributed by atoms with van der Waals surface area (Å²) in [5, 5.41) is 14.3. The van der Waals surface area contributed by atoms with Crippen molar-refractivity contribution >= 4 is 50.3 Å². The van der Waals surface area contributed by atoms with Crippen molar-refractivity contribution in [2.75, 3.05) is 36.0 Å². The van der Waals surface area contributed by atoms with E-state index in [1.54, 1.807) is 12.1 Å². The molecule has 0 saturated carbocycles. The molecule has 0 bridgehead atoms. The zero-order valence-electron chi connectivity index (χ0n) is 16.4. The van der Waals surface area contributed by atoms with Crippen molar-refractivity contribution in [1.29, 1.82) is 0 Å². The van der Waals surface area contributed by atoms with Crippen LogP contribution in [0.3, 0.4) is 0 Å². The van der Waals surface area contributed by atoms with Crippen LogP contribution in [-0.2, 0) is 0 Å². The van der Waals surface area contributed by atoms with Crippen molar-refractivity contribution in [1.82, 2.24) is 9.97 Å². The second-order valence-corrected chi connectivity index (χ2v) is 8.46. The van der Waals surface area contributed by atoms with Crippen molar-refractivity contribution in [2.45, 2.75) is 0 Å². The summed E-state index contributed by atoms with van der Waals surface area (Å²) in [6.07, 6.45) is 0. The Morgan fingerprint density at radius 2 is 1.71 bits per heavy atom. The summed E-state index contributed by atoms with van der Waals surface area (Å²) in [4.78, 5) is 25.2. The zero-order valence-corrected chi connectivity index (χ0v) is 18.0. The van der Waals surface area contributed by atoms with Crippen LogP contribution in [-0.4, -0.2) is 41.1 Å². The Balaban J connectivity index is 1.52. The van der Waals surface area contributed by atoms with Gasteiger partial charge in [0.05, 0.1) is 10.3 Å². The normalized spacial score (nSPS) is 14.2. The van der Waals surface area contributed by atoms with Crippen molar-refractivity contribution in [3.63, 3.8) is 0 Å². The number of hydrogen-bond donors (Lipinski definition) is 0. The van der Waals surface area contributed by atoms with Gasteiger partial charge in [-0.15, -0.1) is 11.3 Å². The number of fused-ring (bicyclic) bond motifs is 1. The molecule has 1 saturated heterocycles. The quantitative estimate of drug-likeness (QED) is 0.240. The van der Waals surface area contributed by atoms with Crippen LogP contribution in [0.15, 0.2) is 60.0 Å². The molecule has 1 aliphatic heterocycles. The molecule has 2 aromatic heterocycles. The smallest absolute Gasteiger partial charge is 0.270 e. The average molecular weight is 452 g/mol. The minimum atomic E-state index is -0.380. The van der Waals surface area contributed by atoms with Crippen LogP contribution in [0.5, 0.6) is 0 Å². The number of piperazine rings is 1. The molecular formula is C22H18ClN5O2S. The lowest BCUT2D eigenvalue weighted by Gasteiger charge is -2.37. The maximum atomic E-state index is 11.2. The molecular weight excluding hydrogens is 434 g/mol. The molecule has 31 heavy (non-hydrogen) atoms. The van der Waals surface area contributed by atoms with Gasteiger partial charge in [0.15, 0.2) is 0 Å². The van der Waals surface area contributed by atoms with E-state index in [9.17, 15) is 10.1 Å². The third-order valence-corrected chi connectivity index (χ3v) is 6.50. The predicted molar refractivity (Wildman–Crippen MR) is 125 cm³/mol. The molecule has 0 radical (unpaired) electrons. The molecule has 0 atom stereocenters. The predicted octanol–water partition coefficient (Wildman–Crippen LogP) is 5.25. The minimum Gasteiger partial charge on any atom is -0.368 e. The number of para-hydroxylation sites is 1. The Hall–Kier alpha value is -3.23. The number of anilines is 2. The van der Waals surface area contributed by atoms with Gasteiger partial charge in [0, 0.05) is 54.9 Å². The fraction of sp³-hybridized carbons (Fsp3) is 0.182. The number of nitro benzene ring substituents is 1. The highest BCUT2D eigenvalue weighted by Gasteiger charge is 2.24. The molecule has 156 valence electrons. The first-order valence-electron chi connectivity index (χ1n) is 9.84. The van der Waals surface area contributed by atoms with E-state index < -0.39 is 0 Å². The van der Waals surface area contributed by atoms with Gasteiger partial charge in [-0.3, -0.25) is 10.1 Å². The van der Waals surface area contributed by atoms with E-state index in [1.165, 1.54) is 23.1 Å². The van der Waals surface area contributed by atoms with Gasteiger partial charge in [-0.05, 0) is 29.3 Å². The summed E-state index contributed by atoms with van der Waals surface area (Å²) in [5.74, 6) is 0.783. The molecule has 0 aliphatic carbocycles. The van der Waals surface area contributed by atoms with Crippen molar-refractivity contribution < 1.29 is 4.92 Å². The van der Waals surface area contributed by atoms with E-state index in [1.807, 2.05) is 29.6 Å². The van der Waals surface area contributed by atoms with Crippen LogP contribution in [0, 0.1) is 10.1 Å². The van der Waals surface area contributed by atoms with Crippen molar-refractivity contribution in [3.05, 3.63) is 75.4 Å².